The average molecular weight is 514 g/mol. The van der Waals surface area contributed by atoms with Crippen LogP contribution in [0.2, 0.25) is 0 Å². The number of thioether (sulfide) groups is 1. The number of aliphatic carboxylic acids is 1. The fourth-order valence-corrected chi connectivity index (χ4v) is 5.85. The van der Waals surface area contributed by atoms with E-state index in [0.717, 1.165) is 29.9 Å². The summed E-state index contributed by atoms with van der Waals surface area (Å²) in [4.78, 5) is 35.4. The molecule has 1 aromatic carbocycles. The highest BCUT2D eigenvalue weighted by atomic mass is 35.5. The molecule has 0 aliphatic carbocycles. The molecule has 1 unspecified atom stereocenters. The van der Waals surface area contributed by atoms with Crippen molar-refractivity contribution in [2.75, 3.05) is 38.0 Å². The predicted octanol–water partition coefficient (Wildman–Crippen LogP) is 2.02. The van der Waals surface area contributed by atoms with Gasteiger partial charge < -0.3 is 30.5 Å². The van der Waals surface area contributed by atoms with Crippen molar-refractivity contribution in [3.8, 4) is 5.75 Å². The number of alkyl halides is 1. The Kier molecular flexibility index (Phi) is 10.6. The third-order valence-corrected chi connectivity index (χ3v) is 7.58. The van der Waals surface area contributed by atoms with E-state index in [1.807, 2.05) is 24.3 Å². The number of aryl methyl sites for hydroxylation is 1. The molecule has 0 aromatic heterocycles. The fourth-order valence-electron chi connectivity index (χ4n) is 4.08. The monoisotopic (exact) mass is 513 g/mol. The number of fused-ring (bicyclic) bond motifs is 1. The first-order valence-electron chi connectivity index (χ1n) is 11.5. The summed E-state index contributed by atoms with van der Waals surface area (Å²) in [6.45, 7) is 1.23. The minimum absolute atomic E-state index is 0.0750. The molecular formula is C23H32ClN3O6S. The highest BCUT2D eigenvalue weighted by Crippen LogP contribution is 2.33. The van der Waals surface area contributed by atoms with Gasteiger partial charge in [0.25, 0.3) is 0 Å². The second-order valence-electron chi connectivity index (χ2n) is 8.28. The van der Waals surface area contributed by atoms with Crippen LogP contribution in [0.25, 0.3) is 0 Å². The lowest BCUT2D eigenvalue weighted by atomic mass is 9.97. The van der Waals surface area contributed by atoms with Gasteiger partial charge in [-0.1, -0.05) is 18.6 Å². The number of halogens is 1. The number of carbonyl (C=O) groups is 3. The molecule has 0 spiro atoms. The van der Waals surface area contributed by atoms with Crippen LogP contribution in [0.5, 0.6) is 5.75 Å². The summed E-state index contributed by atoms with van der Waals surface area (Å²) in [5.41, 5.74) is 1.15. The Hall–Kier alpha value is -2.17. The van der Waals surface area contributed by atoms with Crippen molar-refractivity contribution in [3.05, 3.63) is 29.8 Å². The van der Waals surface area contributed by atoms with Gasteiger partial charge in [0.05, 0.1) is 25.3 Å². The molecule has 4 atom stereocenters. The molecule has 9 nitrogen and oxygen atoms in total. The highest BCUT2D eigenvalue weighted by Gasteiger charge is 2.42. The van der Waals surface area contributed by atoms with E-state index in [0.29, 0.717) is 25.5 Å². The summed E-state index contributed by atoms with van der Waals surface area (Å²) in [5.74, 6) is -0.546. The number of carbonyl (C=O) groups excluding carboxylic acids is 2. The highest BCUT2D eigenvalue weighted by molar-refractivity contribution is 8.00. The van der Waals surface area contributed by atoms with Crippen molar-refractivity contribution in [2.24, 2.45) is 5.92 Å². The summed E-state index contributed by atoms with van der Waals surface area (Å²) in [6, 6.07) is 7.78. The summed E-state index contributed by atoms with van der Waals surface area (Å²) in [7, 11) is 0. The van der Waals surface area contributed by atoms with Crippen molar-refractivity contribution >= 4 is 41.3 Å². The molecule has 2 saturated heterocycles. The zero-order chi connectivity index (χ0) is 24.3. The molecular weight excluding hydrogens is 482 g/mol. The Morgan fingerprint density at radius 3 is 2.74 bits per heavy atom. The normalized spacial score (nSPS) is 21.9. The quantitative estimate of drug-likeness (QED) is 0.122. The van der Waals surface area contributed by atoms with E-state index in [-0.39, 0.29) is 42.9 Å². The third kappa shape index (κ3) is 7.95. The van der Waals surface area contributed by atoms with E-state index in [1.165, 1.54) is 0 Å². The number of hydrogen-bond donors (Lipinski definition) is 4. The largest absolute Gasteiger partial charge is 0.491 e. The first kappa shape index (κ1) is 26.4. The Morgan fingerprint density at radius 2 is 2.00 bits per heavy atom. The van der Waals surface area contributed by atoms with Crippen LogP contribution >= 0.6 is 23.4 Å². The molecule has 2 fully saturated rings. The van der Waals surface area contributed by atoms with Crippen LogP contribution < -0.4 is 20.7 Å². The van der Waals surface area contributed by atoms with Gasteiger partial charge in [-0.15, -0.1) is 11.6 Å². The van der Waals surface area contributed by atoms with Crippen LogP contribution in [0.15, 0.2) is 24.3 Å². The van der Waals surface area contributed by atoms with E-state index in [1.54, 1.807) is 11.8 Å². The molecule has 0 radical (unpaired) electrons. The Balaban J connectivity index is 1.26. The maximum atomic E-state index is 12.3. The number of ether oxygens (including phenoxy) is 2. The molecule has 2 aliphatic heterocycles. The zero-order valence-electron chi connectivity index (χ0n) is 19.0. The van der Waals surface area contributed by atoms with E-state index in [4.69, 9.17) is 21.1 Å². The molecule has 0 bridgehead atoms. The fraction of sp³-hybridized carbons (Fsp3) is 0.609. The number of amides is 3. The summed E-state index contributed by atoms with van der Waals surface area (Å²) < 4.78 is 11.1. The number of urea groups is 1. The standard InChI is InChI=1S/C23H32ClN3O6S/c24-9-8-15-4-6-16(7-5-15)33-13-12-32-11-10-25-21(28)17(22(29)30)2-1-3-19-20-18(14-34-19)26-23(31)27-20/h4-7,17-20H,1-3,8-14H2,(H,25,28)(H,29,30)(H2,26,27,31)/t17?,18-,19-,20-/m0/s1. The van der Waals surface area contributed by atoms with Gasteiger partial charge in [0, 0.05) is 23.4 Å². The molecule has 1 aromatic rings. The van der Waals surface area contributed by atoms with Gasteiger partial charge in [-0.05, 0) is 37.0 Å². The van der Waals surface area contributed by atoms with Crippen LogP contribution in [0.3, 0.4) is 0 Å². The number of hydrogen-bond acceptors (Lipinski definition) is 6. The Bertz CT molecular complexity index is 827. The molecule has 4 N–H and O–H groups in total. The molecule has 3 amide bonds. The van der Waals surface area contributed by atoms with Crippen molar-refractivity contribution in [1.82, 2.24) is 16.0 Å². The lowest BCUT2D eigenvalue weighted by Gasteiger charge is -2.18. The minimum Gasteiger partial charge on any atom is -0.491 e. The predicted molar refractivity (Wildman–Crippen MR) is 131 cm³/mol. The number of rotatable bonds is 15. The molecule has 188 valence electrons. The van der Waals surface area contributed by atoms with Crippen molar-refractivity contribution in [2.45, 2.75) is 43.0 Å². The maximum absolute atomic E-state index is 12.3. The van der Waals surface area contributed by atoms with Crippen molar-refractivity contribution < 1.29 is 29.0 Å². The second-order valence-corrected chi connectivity index (χ2v) is 9.93. The second kappa shape index (κ2) is 13.7. The molecule has 2 aliphatic rings. The van der Waals surface area contributed by atoms with Gasteiger partial charge in [0.1, 0.15) is 18.3 Å². The van der Waals surface area contributed by atoms with Crippen LogP contribution in [-0.4, -0.2) is 78.3 Å². The zero-order valence-corrected chi connectivity index (χ0v) is 20.5. The lowest BCUT2D eigenvalue weighted by Crippen LogP contribution is -2.38. The Labute approximate surface area is 208 Å². The first-order valence-corrected chi connectivity index (χ1v) is 13.1. The summed E-state index contributed by atoms with van der Waals surface area (Å²) in [5, 5.41) is 18.1. The van der Waals surface area contributed by atoms with E-state index in [2.05, 4.69) is 16.0 Å². The molecule has 34 heavy (non-hydrogen) atoms. The number of carboxylic acid groups (broad SMARTS) is 1. The SMILES string of the molecule is O=C1N[C@H]2[C@H](CS[C@H]2CCCC(C(=O)O)C(=O)NCCOCCOc2ccc(CCCl)cc2)N1. The maximum Gasteiger partial charge on any atom is 0.316 e. The van der Waals surface area contributed by atoms with E-state index >= 15 is 0 Å². The van der Waals surface area contributed by atoms with Crippen LogP contribution in [-0.2, 0) is 20.7 Å². The summed E-state index contributed by atoms with van der Waals surface area (Å²) in [6.07, 6.45) is 2.43. The number of nitrogens with one attached hydrogen (secondary N) is 3. The molecule has 3 rings (SSSR count). The lowest BCUT2D eigenvalue weighted by molar-refractivity contribution is -0.147. The summed E-state index contributed by atoms with van der Waals surface area (Å²) >= 11 is 7.49. The van der Waals surface area contributed by atoms with Gasteiger partial charge in [0.2, 0.25) is 5.91 Å². The van der Waals surface area contributed by atoms with Crippen LogP contribution in [0.4, 0.5) is 4.79 Å². The average Bonchev–Trinajstić information content (AvgIpc) is 3.36. The van der Waals surface area contributed by atoms with Crippen LogP contribution in [0, 0.1) is 5.92 Å². The minimum atomic E-state index is -1.13. The van der Waals surface area contributed by atoms with E-state index < -0.39 is 17.8 Å². The first-order chi connectivity index (χ1) is 16.5. The molecule has 0 saturated carbocycles. The smallest absolute Gasteiger partial charge is 0.316 e. The van der Waals surface area contributed by atoms with Gasteiger partial charge in [-0.3, -0.25) is 9.59 Å². The van der Waals surface area contributed by atoms with Crippen molar-refractivity contribution in [3.63, 3.8) is 0 Å². The Morgan fingerprint density at radius 1 is 1.21 bits per heavy atom. The van der Waals surface area contributed by atoms with Crippen molar-refractivity contribution in [1.29, 1.82) is 0 Å². The third-order valence-electron chi connectivity index (χ3n) is 5.88. The topological polar surface area (TPSA) is 126 Å². The molecule has 11 heteroatoms. The van der Waals surface area contributed by atoms with Gasteiger partial charge in [-0.25, -0.2) is 4.79 Å². The molecule has 2 heterocycles. The van der Waals surface area contributed by atoms with Gasteiger partial charge in [0.15, 0.2) is 0 Å². The van der Waals surface area contributed by atoms with E-state index in [9.17, 15) is 19.5 Å². The number of benzene rings is 1. The van der Waals surface area contributed by atoms with Gasteiger partial charge in [-0.2, -0.15) is 11.8 Å². The van der Waals surface area contributed by atoms with Gasteiger partial charge >= 0.3 is 12.0 Å². The number of carboxylic acids is 1. The van der Waals surface area contributed by atoms with Crippen LogP contribution in [0.1, 0.15) is 24.8 Å².